The van der Waals surface area contributed by atoms with Gasteiger partial charge in [0.15, 0.2) is 6.10 Å². The SMILES string of the molecule is CCC(Oc1cccc(C)c1)C(=O)Nc1ccccc1F. The van der Waals surface area contributed by atoms with Gasteiger partial charge in [-0.3, -0.25) is 4.79 Å². The van der Waals surface area contributed by atoms with Crippen LogP contribution >= 0.6 is 0 Å². The maximum absolute atomic E-state index is 13.5. The Hall–Kier alpha value is -2.36. The molecule has 0 saturated heterocycles. The van der Waals surface area contributed by atoms with Crippen LogP contribution in [-0.2, 0) is 4.79 Å². The number of carbonyl (C=O) groups is 1. The Kier molecular flexibility index (Phi) is 4.93. The number of amides is 1. The zero-order valence-corrected chi connectivity index (χ0v) is 12.1. The lowest BCUT2D eigenvalue weighted by Crippen LogP contribution is -2.32. The first-order valence-electron chi connectivity index (χ1n) is 6.89. The minimum absolute atomic E-state index is 0.161. The van der Waals surface area contributed by atoms with Crippen molar-refractivity contribution in [2.45, 2.75) is 26.4 Å². The Morgan fingerprint density at radius 1 is 1.24 bits per heavy atom. The molecule has 0 bridgehead atoms. The number of benzene rings is 2. The van der Waals surface area contributed by atoms with Gasteiger partial charge in [-0.05, 0) is 43.2 Å². The molecule has 0 aliphatic rings. The molecule has 0 aliphatic carbocycles. The summed E-state index contributed by atoms with van der Waals surface area (Å²) in [5.74, 6) is -0.189. The van der Waals surface area contributed by atoms with Crippen molar-refractivity contribution in [3.05, 3.63) is 59.9 Å². The number of nitrogens with one attached hydrogen (secondary N) is 1. The number of hydrogen-bond acceptors (Lipinski definition) is 2. The molecule has 2 aromatic rings. The smallest absolute Gasteiger partial charge is 0.265 e. The van der Waals surface area contributed by atoms with Gasteiger partial charge in [-0.25, -0.2) is 4.39 Å². The van der Waals surface area contributed by atoms with Crippen molar-refractivity contribution in [3.8, 4) is 5.75 Å². The van der Waals surface area contributed by atoms with Crippen LogP contribution in [0, 0.1) is 12.7 Å². The van der Waals surface area contributed by atoms with E-state index in [1.165, 1.54) is 12.1 Å². The predicted octanol–water partition coefficient (Wildman–Crippen LogP) is 3.93. The third-order valence-corrected chi connectivity index (χ3v) is 3.06. The first kappa shape index (κ1) is 15.0. The van der Waals surface area contributed by atoms with Crippen molar-refractivity contribution >= 4 is 11.6 Å². The van der Waals surface area contributed by atoms with Crippen LogP contribution in [0.15, 0.2) is 48.5 Å². The van der Waals surface area contributed by atoms with E-state index < -0.39 is 11.9 Å². The topological polar surface area (TPSA) is 38.3 Å². The predicted molar refractivity (Wildman–Crippen MR) is 80.9 cm³/mol. The second kappa shape index (κ2) is 6.88. The van der Waals surface area contributed by atoms with Crippen LogP contribution < -0.4 is 10.1 Å². The molecule has 0 aromatic heterocycles. The van der Waals surface area contributed by atoms with Crippen LogP contribution in [0.5, 0.6) is 5.75 Å². The summed E-state index contributed by atoms with van der Waals surface area (Å²) in [5.41, 5.74) is 1.21. The Balaban J connectivity index is 2.07. The molecule has 0 fully saturated rings. The van der Waals surface area contributed by atoms with Crippen LogP contribution in [0.4, 0.5) is 10.1 Å². The van der Waals surface area contributed by atoms with E-state index in [-0.39, 0.29) is 11.6 Å². The van der Waals surface area contributed by atoms with E-state index in [0.29, 0.717) is 12.2 Å². The van der Waals surface area contributed by atoms with Gasteiger partial charge < -0.3 is 10.1 Å². The lowest BCUT2D eigenvalue weighted by molar-refractivity contribution is -0.122. The minimum Gasteiger partial charge on any atom is -0.481 e. The fourth-order valence-corrected chi connectivity index (χ4v) is 1.95. The Labute approximate surface area is 123 Å². The Morgan fingerprint density at radius 2 is 2.00 bits per heavy atom. The molecule has 0 saturated carbocycles. The highest BCUT2D eigenvalue weighted by atomic mass is 19.1. The van der Waals surface area contributed by atoms with E-state index in [4.69, 9.17) is 4.74 Å². The molecule has 0 spiro atoms. The number of para-hydroxylation sites is 1. The summed E-state index contributed by atoms with van der Waals surface area (Å²) in [6.07, 6.45) is -0.166. The van der Waals surface area contributed by atoms with Crippen LogP contribution in [0.1, 0.15) is 18.9 Å². The summed E-state index contributed by atoms with van der Waals surface area (Å²) in [4.78, 5) is 12.2. The zero-order valence-electron chi connectivity index (χ0n) is 12.1. The maximum atomic E-state index is 13.5. The second-order valence-electron chi connectivity index (χ2n) is 4.80. The molecular weight excluding hydrogens is 269 g/mol. The molecule has 1 N–H and O–H groups in total. The van der Waals surface area contributed by atoms with Gasteiger partial charge in [0.1, 0.15) is 11.6 Å². The Morgan fingerprint density at radius 3 is 2.67 bits per heavy atom. The molecular formula is C17H18FNO2. The first-order chi connectivity index (χ1) is 10.1. The molecule has 4 heteroatoms. The number of ether oxygens (including phenoxy) is 1. The number of rotatable bonds is 5. The summed E-state index contributed by atoms with van der Waals surface area (Å²) in [6.45, 7) is 3.80. The molecule has 2 aromatic carbocycles. The van der Waals surface area contributed by atoms with E-state index >= 15 is 0 Å². The summed E-state index contributed by atoms with van der Waals surface area (Å²) < 4.78 is 19.2. The first-order valence-corrected chi connectivity index (χ1v) is 6.89. The van der Waals surface area contributed by atoms with Crippen molar-refractivity contribution < 1.29 is 13.9 Å². The molecule has 2 rings (SSSR count). The zero-order chi connectivity index (χ0) is 15.2. The average molecular weight is 287 g/mol. The van der Waals surface area contributed by atoms with E-state index in [1.807, 2.05) is 32.0 Å². The molecule has 3 nitrogen and oxygen atoms in total. The summed E-state index contributed by atoms with van der Waals surface area (Å²) >= 11 is 0. The maximum Gasteiger partial charge on any atom is 0.265 e. The highest BCUT2D eigenvalue weighted by molar-refractivity contribution is 5.94. The molecule has 21 heavy (non-hydrogen) atoms. The van der Waals surface area contributed by atoms with Crippen LogP contribution in [0.3, 0.4) is 0 Å². The van der Waals surface area contributed by atoms with Crippen molar-refractivity contribution in [3.63, 3.8) is 0 Å². The largest absolute Gasteiger partial charge is 0.481 e. The number of halogens is 1. The van der Waals surface area contributed by atoms with Gasteiger partial charge >= 0.3 is 0 Å². The number of aryl methyl sites for hydroxylation is 1. The standard InChI is InChI=1S/C17H18FNO2/c1-3-16(21-13-8-6-7-12(2)11-13)17(20)19-15-10-5-4-9-14(15)18/h4-11,16H,3H2,1-2H3,(H,19,20). The monoisotopic (exact) mass is 287 g/mol. The van der Waals surface area contributed by atoms with Gasteiger partial charge in [-0.1, -0.05) is 31.2 Å². The molecule has 0 aliphatic heterocycles. The summed E-state index contributed by atoms with van der Waals surface area (Å²) in [5, 5.41) is 2.56. The van der Waals surface area contributed by atoms with Crippen molar-refractivity contribution in [1.82, 2.24) is 0 Å². The average Bonchev–Trinajstić information content (AvgIpc) is 2.47. The molecule has 0 radical (unpaired) electrons. The molecule has 110 valence electrons. The molecule has 1 unspecified atom stereocenters. The molecule has 1 amide bonds. The highest BCUT2D eigenvalue weighted by Gasteiger charge is 2.19. The van der Waals surface area contributed by atoms with Gasteiger partial charge in [0, 0.05) is 0 Å². The third kappa shape index (κ3) is 4.05. The third-order valence-electron chi connectivity index (χ3n) is 3.06. The van der Waals surface area contributed by atoms with E-state index in [9.17, 15) is 9.18 Å². The fraction of sp³-hybridized carbons (Fsp3) is 0.235. The van der Waals surface area contributed by atoms with Gasteiger partial charge in [0.05, 0.1) is 5.69 Å². The second-order valence-corrected chi connectivity index (χ2v) is 4.80. The molecule has 1 atom stereocenters. The lowest BCUT2D eigenvalue weighted by atomic mass is 10.2. The van der Waals surface area contributed by atoms with Crippen LogP contribution in [-0.4, -0.2) is 12.0 Å². The van der Waals surface area contributed by atoms with E-state index in [1.54, 1.807) is 18.2 Å². The fourth-order valence-electron chi connectivity index (χ4n) is 1.95. The quantitative estimate of drug-likeness (QED) is 0.905. The normalized spacial score (nSPS) is 11.8. The van der Waals surface area contributed by atoms with Crippen molar-refractivity contribution in [2.24, 2.45) is 0 Å². The number of carbonyl (C=O) groups excluding carboxylic acids is 1. The van der Waals surface area contributed by atoms with E-state index in [2.05, 4.69) is 5.32 Å². The van der Waals surface area contributed by atoms with Gasteiger partial charge in [-0.15, -0.1) is 0 Å². The van der Waals surface area contributed by atoms with Gasteiger partial charge in [0.2, 0.25) is 0 Å². The van der Waals surface area contributed by atoms with E-state index in [0.717, 1.165) is 5.56 Å². The minimum atomic E-state index is -0.661. The van der Waals surface area contributed by atoms with Gasteiger partial charge in [0.25, 0.3) is 5.91 Å². The summed E-state index contributed by atoms with van der Waals surface area (Å²) in [6, 6.07) is 13.5. The lowest BCUT2D eigenvalue weighted by Gasteiger charge is -2.17. The van der Waals surface area contributed by atoms with Crippen LogP contribution in [0.25, 0.3) is 0 Å². The number of hydrogen-bond donors (Lipinski definition) is 1. The molecule has 0 heterocycles. The summed E-state index contributed by atoms with van der Waals surface area (Å²) in [7, 11) is 0. The van der Waals surface area contributed by atoms with Crippen molar-refractivity contribution in [1.29, 1.82) is 0 Å². The van der Waals surface area contributed by atoms with Crippen molar-refractivity contribution in [2.75, 3.05) is 5.32 Å². The van der Waals surface area contributed by atoms with Gasteiger partial charge in [-0.2, -0.15) is 0 Å². The van der Waals surface area contributed by atoms with Crippen LogP contribution in [0.2, 0.25) is 0 Å². The highest BCUT2D eigenvalue weighted by Crippen LogP contribution is 2.17. The number of anilines is 1. The Bertz CT molecular complexity index is 628.